The highest BCUT2D eigenvalue weighted by Crippen LogP contribution is 2.49. The van der Waals surface area contributed by atoms with Gasteiger partial charge in [-0.2, -0.15) is 0 Å². The van der Waals surface area contributed by atoms with E-state index in [1.165, 1.54) is 4.90 Å². The van der Waals surface area contributed by atoms with Gasteiger partial charge in [-0.05, 0) is 25.7 Å². The molecular weight excluding hydrogens is 246 g/mol. The first kappa shape index (κ1) is 12.4. The van der Waals surface area contributed by atoms with Gasteiger partial charge in [0.05, 0.1) is 6.67 Å². The van der Waals surface area contributed by atoms with Crippen LogP contribution in [0.25, 0.3) is 0 Å². The molecule has 3 fully saturated rings. The van der Waals surface area contributed by atoms with Gasteiger partial charge >= 0.3 is 0 Å². The van der Waals surface area contributed by atoms with Crippen molar-refractivity contribution in [2.24, 2.45) is 5.41 Å². The summed E-state index contributed by atoms with van der Waals surface area (Å²) in [6, 6.07) is 0.324. The van der Waals surface area contributed by atoms with Gasteiger partial charge in [0.15, 0.2) is 0 Å². The maximum Gasteiger partial charge on any atom is 0.243 e. The number of hydrogen-bond acceptors (Lipinski definition) is 3. The van der Waals surface area contributed by atoms with Crippen molar-refractivity contribution >= 4 is 17.7 Å². The smallest absolute Gasteiger partial charge is 0.243 e. The van der Waals surface area contributed by atoms with Crippen LogP contribution in [0.15, 0.2) is 0 Å². The normalized spacial score (nSPS) is 24.6. The largest absolute Gasteiger partial charge is 0.348 e. The summed E-state index contributed by atoms with van der Waals surface area (Å²) in [5, 5.41) is 0. The third-order valence-electron chi connectivity index (χ3n) is 4.22. The summed E-state index contributed by atoms with van der Waals surface area (Å²) in [6.45, 7) is 0.503. The molecule has 0 bridgehead atoms. The molecule has 1 saturated heterocycles. The fourth-order valence-electron chi connectivity index (χ4n) is 2.78. The van der Waals surface area contributed by atoms with Gasteiger partial charge in [0.1, 0.15) is 12.0 Å². The van der Waals surface area contributed by atoms with Crippen LogP contribution >= 0.6 is 0 Å². The van der Waals surface area contributed by atoms with E-state index in [0.29, 0.717) is 25.6 Å². The van der Waals surface area contributed by atoms with Crippen molar-refractivity contribution in [1.29, 1.82) is 0 Å². The molecule has 1 heterocycles. The maximum atomic E-state index is 12.5. The van der Waals surface area contributed by atoms with Crippen LogP contribution < -0.4 is 0 Å². The van der Waals surface area contributed by atoms with E-state index in [1.807, 2.05) is 0 Å². The minimum atomic E-state index is -0.872. The Morgan fingerprint density at radius 2 is 1.89 bits per heavy atom. The summed E-state index contributed by atoms with van der Waals surface area (Å²) in [5.41, 5.74) is -0.872. The predicted molar refractivity (Wildman–Crippen MR) is 66.8 cm³/mol. The number of carbonyl (C=O) groups is 3. The fourth-order valence-corrected chi connectivity index (χ4v) is 2.78. The first-order valence-corrected chi connectivity index (χ1v) is 6.76. The zero-order chi connectivity index (χ0) is 13.8. The van der Waals surface area contributed by atoms with Crippen LogP contribution in [0.3, 0.4) is 0 Å². The Morgan fingerprint density at radius 3 is 2.37 bits per heavy atom. The molecule has 0 radical (unpaired) electrons. The van der Waals surface area contributed by atoms with E-state index >= 15 is 0 Å². The first-order chi connectivity index (χ1) is 8.95. The standard InChI is InChI=1S/C13H19N3O3/c1-14(2)11(18)13(5-6-13)12(19)15-7-10(17)16(8-15)9-3-4-9/h9H,3-8H2,1-2H3. The van der Waals surface area contributed by atoms with Crippen LogP contribution in [0.2, 0.25) is 0 Å². The van der Waals surface area contributed by atoms with Gasteiger partial charge in [-0.1, -0.05) is 0 Å². The van der Waals surface area contributed by atoms with Crippen molar-refractivity contribution in [2.75, 3.05) is 27.3 Å². The number of rotatable bonds is 3. The molecule has 0 unspecified atom stereocenters. The topological polar surface area (TPSA) is 60.9 Å². The van der Waals surface area contributed by atoms with Gasteiger partial charge in [-0.3, -0.25) is 14.4 Å². The van der Waals surface area contributed by atoms with Crippen LogP contribution in [0.1, 0.15) is 25.7 Å². The molecule has 0 aromatic heterocycles. The van der Waals surface area contributed by atoms with Crippen LogP contribution in [-0.4, -0.2) is 65.8 Å². The Bertz CT molecular complexity index is 452. The van der Waals surface area contributed by atoms with E-state index in [2.05, 4.69) is 0 Å². The summed E-state index contributed by atoms with van der Waals surface area (Å²) in [4.78, 5) is 41.3. The van der Waals surface area contributed by atoms with E-state index < -0.39 is 5.41 Å². The summed E-state index contributed by atoms with van der Waals surface area (Å²) in [6.07, 6.45) is 3.29. The monoisotopic (exact) mass is 265 g/mol. The molecule has 0 aromatic rings. The zero-order valence-corrected chi connectivity index (χ0v) is 11.4. The van der Waals surface area contributed by atoms with E-state index in [-0.39, 0.29) is 24.3 Å². The molecule has 0 spiro atoms. The number of amides is 3. The molecule has 0 N–H and O–H groups in total. The molecule has 2 saturated carbocycles. The lowest BCUT2D eigenvalue weighted by Gasteiger charge is -2.24. The van der Waals surface area contributed by atoms with Crippen molar-refractivity contribution in [2.45, 2.75) is 31.7 Å². The predicted octanol–water partition coefficient (Wildman–Crippen LogP) is -0.354. The molecule has 0 aromatic carbocycles. The molecule has 3 aliphatic rings. The van der Waals surface area contributed by atoms with Crippen molar-refractivity contribution in [3.05, 3.63) is 0 Å². The Balaban J connectivity index is 1.71. The lowest BCUT2D eigenvalue weighted by atomic mass is 10.0. The molecule has 3 amide bonds. The Labute approximate surface area is 112 Å². The van der Waals surface area contributed by atoms with Gasteiger partial charge in [0.2, 0.25) is 17.7 Å². The Morgan fingerprint density at radius 1 is 1.26 bits per heavy atom. The second-order valence-electron chi connectivity index (χ2n) is 6.02. The van der Waals surface area contributed by atoms with Crippen LogP contribution in [0, 0.1) is 5.41 Å². The molecule has 6 nitrogen and oxygen atoms in total. The number of hydrogen-bond donors (Lipinski definition) is 0. The molecule has 6 heteroatoms. The van der Waals surface area contributed by atoms with Crippen molar-refractivity contribution in [3.63, 3.8) is 0 Å². The van der Waals surface area contributed by atoms with Gasteiger partial charge in [-0.25, -0.2) is 0 Å². The maximum absolute atomic E-state index is 12.5. The van der Waals surface area contributed by atoms with Gasteiger partial charge < -0.3 is 14.7 Å². The highest BCUT2D eigenvalue weighted by atomic mass is 16.2. The third kappa shape index (κ3) is 1.89. The molecule has 104 valence electrons. The molecule has 2 aliphatic carbocycles. The molecule has 3 rings (SSSR count). The Hall–Kier alpha value is -1.59. The lowest BCUT2D eigenvalue weighted by Crippen LogP contribution is -2.44. The van der Waals surface area contributed by atoms with Crippen LogP contribution in [0.5, 0.6) is 0 Å². The highest BCUT2D eigenvalue weighted by molar-refractivity contribution is 6.08. The van der Waals surface area contributed by atoms with Crippen LogP contribution in [0.4, 0.5) is 0 Å². The second kappa shape index (κ2) is 3.95. The van der Waals surface area contributed by atoms with Gasteiger partial charge in [-0.15, -0.1) is 0 Å². The number of carbonyl (C=O) groups excluding carboxylic acids is 3. The van der Waals surface area contributed by atoms with Crippen molar-refractivity contribution in [1.82, 2.24) is 14.7 Å². The average molecular weight is 265 g/mol. The van der Waals surface area contributed by atoms with Crippen molar-refractivity contribution < 1.29 is 14.4 Å². The quantitative estimate of drug-likeness (QED) is 0.655. The summed E-state index contributed by atoms with van der Waals surface area (Å²) in [7, 11) is 3.34. The molecular formula is C13H19N3O3. The SMILES string of the molecule is CN(C)C(=O)C1(C(=O)N2CC(=O)N(C3CC3)C2)CC1. The molecule has 1 aliphatic heterocycles. The second-order valence-corrected chi connectivity index (χ2v) is 6.02. The fraction of sp³-hybridized carbons (Fsp3) is 0.769. The third-order valence-corrected chi connectivity index (χ3v) is 4.22. The molecule has 0 atom stereocenters. The van der Waals surface area contributed by atoms with E-state index in [4.69, 9.17) is 0 Å². The van der Waals surface area contributed by atoms with Crippen molar-refractivity contribution in [3.8, 4) is 0 Å². The minimum absolute atomic E-state index is 0.0175. The summed E-state index contributed by atoms with van der Waals surface area (Å²) >= 11 is 0. The van der Waals surface area contributed by atoms with Crippen LogP contribution in [-0.2, 0) is 14.4 Å². The number of nitrogens with zero attached hydrogens (tertiary/aromatic N) is 3. The summed E-state index contributed by atoms with van der Waals surface area (Å²) < 4.78 is 0. The summed E-state index contributed by atoms with van der Waals surface area (Å²) in [5.74, 6) is -0.276. The minimum Gasteiger partial charge on any atom is -0.348 e. The lowest BCUT2D eigenvalue weighted by molar-refractivity contribution is -0.148. The Kier molecular flexibility index (Phi) is 2.59. The highest BCUT2D eigenvalue weighted by Gasteiger charge is 2.59. The van der Waals surface area contributed by atoms with E-state index in [9.17, 15) is 14.4 Å². The van der Waals surface area contributed by atoms with Gasteiger partial charge in [0.25, 0.3) is 0 Å². The van der Waals surface area contributed by atoms with E-state index in [1.54, 1.807) is 23.9 Å². The first-order valence-electron chi connectivity index (χ1n) is 6.76. The van der Waals surface area contributed by atoms with Gasteiger partial charge in [0, 0.05) is 20.1 Å². The van der Waals surface area contributed by atoms with E-state index in [0.717, 1.165) is 12.8 Å². The average Bonchev–Trinajstić information content (AvgIpc) is 3.26. The molecule has 19 heavy (non-hydrogen) atoms. The zero-order valence-electron chi connectivity index (χ0n) is 11.4.